The number of hydrogen-bond donors (Lipinski definition) is 0. The number of rotatable bonds is 3. The molecule has 0 aliphatic rings. The molecule has 1 atom stereocenters. The molecule has 0 fully saturated rings. The van der Waals surface area contributed by atoms with E-state index in [1.54, 1.807) is 11.9 Å². The van der Waals surface area contributed by atoms with Crippen LogP contribution in [0.3, 0.4) is 0 Å². The third-order valence-electron chi connectivity index (χ3n) is 3.33. The lowest BCUT2D eigenvalue weighted by atomic mass is 9.87. The maximum absolute atomic E-state index is 11.9. The number of hydrogen-bond acceptors (Lipinski definition) is 2. The van der Waals surface area contributed by atoms with Gasteiger partial charge in [-0.1, -0.05) is 51.1 Å². The summed E-state index contributed by atoms with van der Waals surface area (Å²) in [5.41, 5.74) is 1.04. The average Bonchev–Trinajstić information content (AvgIpc) is 2.34. The molecule has 0 saturated carbocycles. The SMILES string of the molecule is C[C@H](N(C)C(=O)OCc1ccccc1)C(C)(C)C. The van der Waals surface area contributed by atoms with Gasteiger partial charge < -0.3 is 9.64 Å². The molecule has 1 amide bonds. The van der Waals surface area contributed by atoms with Crippen LogP contribution >= 0.6 is 0 Å². The second kappa shape index (κ2) is 5.89. The van der Waals surface area contributed by atoms with E-state index in [4.69, 9.17) is 4.74 Å². The van der Waals surface area contributed by atoms with Crippen molar-refractivity contribution in [2.45, 2.75) is 40.3 Å². The lowest BCUT2D eigenvalue weighted by Crippen LogP contribution is -2.43. The molecular weight excluding hydrogens is 226 g/mol. The summed E-state index contributed by atoms with van der Waals surface area (Å²) in [5, 5.41) is 0. The molecule has 1 aromatic rings. The van der Waals surface area contributed by atoms with E-state index >= 15 is 0 Å². The van der Waals surface area contributed by atoms with Crippen LogP contribution in [0.1, 0.15) is 33.3 Å². The molecular formula is C15H23NO2. The van der Waals surface area contributed by atoms with Gasteiger partial charge in [0.15, 0.2) is 0 Å². The van der Waals surface area contributed by atoms with Gasteiger partial charge in [-0.2, -0.15) is 0 Å². The Kier molecular flexibility index (Phi) is 4.76. The van der Waals surface area contributed by atoms with Gasteiger partial charge in [0.1, 0.15) is 6.61 Å². The fourth-order valence-corrected chi connectivity index (χ4v) is 1.56. The topological polar surface area (TPSA) is 29.5 Å². The number of benzene rings is 1. The van der Waals surface area contributed by atoms with Gasteiger partial charge in [-0.05, 0) is 17.9 Å². The van der Waals surface area contributed by atoms with Crippen LogP contribution in [0, 0.1) is 5.41 Å². The Balaban J connectivity index is 2.51. The first kappa shape index (κ1) is 14.6. The van der Waals surface area contributed by atoms with E-state index < -0.39 is 0 Å². The van der Waals surface area contributed by atoms with Gasteiger partial charge in [-0.3, -0.25) is 0 Å². The fraction of sp³-hybridized carbons (Fsp3) is 0.533. The summed E-state index contributed by atoms with van der Waals surface area (Å²) in [6, 6.07) is 9.83. The van der Waals surface area contributed by atoms with Gasteiger partial charge in [-0.25, -0.2) is 4.79 Å². The predicted molar refractivity (Wildman–Crippen MR) is 73.3 cm³/mol. The largest absolute Gasteiger partial charge is 0.445 e. The van der Waals surface area contributed by atoms with Crippen molar-refractivity contribution in [3.8, 4) is 0 Å². The van der Waals surface area contributed by atoms with Crippen LogP contribution in [0.4, 0.5) is 4.79 Å². The van der Waals surface area contributed by atoms with Crippen LogP contribution in [0.15, 0.2) is 30.3 Å². The van der Waals surface area contributed by atoms with Crippen molar-refractivity contribution in [1.29, 1.82) is 0 Å². The molecule has 0 radical (unpaired) electrons. The molecule has 18 heavy (non-hydrogen) atoms. The highest BCUT2D eigenvalue weighted by Crippen LogP contribution is 2.23. The van der Waals surface area contributed by atoms with Crippen LogP contribution in [-0.2, 0) is 11.3 Å². The first-order chi connectivity index (χ1) is 8.32. The monoisotopic (exact) mass is 249 g/mol. The normalized spacial score (nSPS) is 12.9. The van der Waals surface area contributed by atoms with Crippen molar-refractivity contribution in [2.24, 2.45) is 5.41 Å². The average molecular weight is 249 g/mol. The van der Waals surface area contributed by atoms with Gasteiger partial charge in [0.2, 0.25) is 0 Å². The lowest BCUT2D eigenvalue weighted by Gasteiger charge is -2.34. The third kappa shape index (κ3) is 4.06. The zero-order chi connectivity index (χ0) is 13.8. The third-order valence-corrected chi connectivity index (χ3v) is 3.33. The molecule has 0 aliphatic carbocycles. The second-order valence-corrected chi connectivity index (χ2v) is 5.69. The molecule has 0 bridgehead atoms. The first-order valence-electron chi connectivity index (χ1n) is 6.26. The smallest absolute Gasteiger partial charge is 0.410 e. The van der Waals surface area contributed by atoms with Gasteiger partial charge >= 0.3 is 6.09 Å². The molecule has 1 rings (SSSR count). The van der Waals surface area contributed by atoms with E-state index in [0.717, 1.165) is 5.56 Å². The Labute approximate surface area is 110 Å². The standard InChI is InChI=1S/C15H23NO2/c1-12(15(2,3)4)16(5)14(17)18-11-13-9-7-6-8-10-13/h6-10,12H,11H2,1-5H3/t12-/m0/s1. The van der Waals surface area contributed by atoms with Crippen molar-refractivity contribution >= 4 is 6.09 Å². The van der Waals surface area contributed by atoms with Crippen molar-refractivity contribution < 1.29 is 9.53 Å². The van der Waals surface area contributed by atoms with E-state index in [1.807, 2.05) is 37.3 Å². The molecule has 0 aliphatic heterocycles. The van der Waals surface area contributed by atoms with Crippen LogP contribution in [-0.4, -0.2) is 24.1 Å². The van der Waals surface area contributed by atoms with Crippen LogP contribution in [0.25, 0.3) is 0 Å². The molecule has 0 spiro atoms. The number of nitrogens with zero attached hydrogens (tertiary/aromatic N) is 1. The second-order valence-electron chi connectivity index (χ2n) is 5.69. The molecule has 0 saturated heterocycles. The van der Waals surface area contributed by atoms with Crippen molar-refractivity contribution in [2.75, 3.05) is 7.05 Å². The minimum Gasteiger partial charge on any atom is -0.445 e. The van der Waals surface area contributed by atoms with Crippen LogP contribution < -0.4 is 0 Å². The molecule has 100 valence electrons. The number of carbonyl (C=O) groups is 1. The maximum atomic E-state index is 11.9. The van der Waals surface area contributed by atoms with Crippen LogP contribution in [0.5, 0.6) is 0 Å². The zero-order valence-electron chi connectivity index (χ0n) is 11.9. The summed E-state index contributed by atoms with van der Waals surface area (Å²) < 4.78 is 5.29. The summed E-state index contributed by atoms with van der Waals surface area (Å²) in [4.78, 5) is 13.6. The molecule has 0 heterocycles. The Morgan fingerprint density at radius 1 is 1.28 bits per heavy atom. The van der Waals surface area contributed by atoms with Crippen molar-refractivity contribution in [3.63, 3.8) is 0 Å². The summed E-state index contributed by atoms with van der Waals surface area (Å²) in [7, 11) is 1.78. The molecule has 0 aromatic heterocycles. The van der Waals surface area contributed by atoms with E-state index in [1.165, 1.54) is 0 Å². The molecule has 1 aromatic carbocycles. The van der Waals surface area contributed by atoms with Gasteiger partial charge in [0, 0.05) is 13.1 Å². The molecule has 3 heteroatoms. The first-order valence-corrected chi connectivity index (χ1v) is 6.26. The summed E-state index contributed by atoms with van der Waals surface area (Å²) in [5.74, 6) is 0. The highest BCUT2D eigenvalue weighted by Gasteiger charge is 2.27. The Bertz CT molecular complexity index is 381. The lowest BCUT2D eigenvalue weighted by molar-refractivity contribution is 0.0707. The maximum Gasteiger partial charge on any atom is 0.410 e. The number of amides is 1. The number of ether oxygens (including phenoxy) is 1. The van der Waals surface area contributed by atoms with Gasteiger partial charge in [0.05, 0.1) is 0 Å². The fourth-order valence-electron chi connectivity index (χ4n) is 1.56. The van der Waals surface area contributed by atoms with E-state index in [2.05, 4.69) is 20.8 Å². The Hall–Kier alpha value is -1.51. The van der Waals surface area contributed by atoms with E-state index in [9.17, 15) is 4.79 Å². The molecule has 0 N–H and O–H groups in total. The summed E-state index contributed by atoms with van der Waals surface area (Å²) in [6.07, 6.45) is -0.277. The Morgan fingerprint density at radius 3 is 2.33 bits per heavy atom. The van der Waals surface area contributed by atoms with Gasteiger partial charge in [0.25, 0.3) is 0 Å². The summed E-state index contributed by atoms with van der Waals surface area (Å²) >= 11 is 0. The van der Waals surface area contributed by atoms with Crippen molar-refractivity contribution in [3.05, 3.63) is 35.9 Å². The highest BCUT2D eigenvalue weighted by atomic mass is 16.6. The van der Waals surface area contributed by atoms with Crippen molar-refractivity contribution in [1.82, 2.24) is 4.90 Å². The van der Waals surface area contributed by atoms with E-state index in [-0.39, 0.29) is 17.6 Å². The van der Waals surface area contributed by atoms with E-state index in [0.29, 0.717) is 6.61 Å². The number of carbonyl (C=O) groups excluding carboxylic acids is 1. The molecule has 0 unspecified atom stereocenters. The predicted octanol–water partition coefficient (Wildman–Crippen LogP) is 3.69. The quantitative estimate of drug-likeness (QED) is 0.817. The Morgan fingerprint density at radius 2 is 1.83 bits per heavy atom. The summed E-state index contributed by atoms with van der Waals surface area (Å²) in [6.45, 7) is 8.68. The van der Waals surface area contributed by atoms with Gasteiger partial charge in [-0.15, -0.1) is 0 Å². The highest BCUT2D eigenvalue weighted by molar-refractivity contribution is 5.67. The zero-order valence-corrected chi connectivity index (χ0v) is 11.9. The minimum absolute atomic E-state index is 0.0422. The molecule has 3 nitrogen and oxygen atoms in total. The van der Waals surface area contributed by atoms with Crippen LogP contribution in [0.2, 0.25) is 0 Å². The minimum atomic E-state index is -0.277.